The molecule has 0 aliphatic carbocycles. The molecule has 3 aromatic carbocycles. The molecule has 2 aromatic heterocycles. The van der Waals surface area contributed by atoms with Crippen molar-refractivity contribution in [1.29, 1.82) is 0 Å². The van der Waals surface area contributed by atoms with Gasteiger partial charge in [0.05, 0.1) is 19.1 Å². The number of benzene rings is 3. The van der Waals surface area contributed by atoms with Crippen molar-refractivity contribution in [2.75, 3.05) is 18.1 Å². The zero-order chi connectivity index (χ0) is 82.3. The number of hydrogen-bond donors (Lipinski definition) is 23. The van der Waals surface area contributed by atoms with Gasteiger partial charge in [0.25, 0.3) is 0 Å². The minimum Gasteiger partial charge on any atom is -0.508 e. The number of aliphatic hydroxyl groups is 1. The third-order valence-corrected chi connectivity index (χ3v) is 18.0. The first kappa shape index (κ1) is 89.8. The predicted octanol–water partition coefficient (Wildman–Crippen LogP) is -4.12. The Kier molecular flexibility index (Phi) is 35.6. The van der Waals surface area contributed by atoms with Crippen LogP contribution in [-0.4, -0.2) is 222 Å². The highest BCUT2D eigenvalue weighted by molar-refractivity contribution is 7.80. The quantitative estimate of drug-likeness (QED) is 0.0165. The second-order valence-electron chi connectivity index (χ2n) is 26.6. The number of aromatic nitrogens is 2. The molecule has 5 rings (SSSR count). The molecule has 0 bridgehead atoms. The first-order valence-electron chi connectivity index (χ1n) is 35.1. The van der Waals surface area contributed by atoms with Gasteiger partial charge in [0.2, 0.25) is 88.6 Å². The van der Waals surface area contributed by atoms with Crippen LogP contribution in [0, 0.1) is 5.92 Å². The second-order valence-corrected chi connectivity index (χ2v) is 27.3. The van der Waals surface area contributed by atoms with Crippen LogP contribution in [0.1, 0.15) is 102 Å². The number of carboxylic acids is 2. The second kappa shape index (κ2) is 44.0. The molecule has 0 saturated heterocycles. The molecule has 15 amide bonds. The molecular formula is C71H95N17O21S2. The van der Waals surface area contributed by atoms with E-state index in [4.69, 9.17) is 17.2 Å². The number of aliphatic carboxylic acids is 2. The molecule has 12 atom stereocenters. The summed E-state index contributed by atoms with van der Waals surface area (Å²) in [5, 5.41) is 71.1. The number of thiol groups is 2. The van der Waals surface area contributed by atoms with E-state index in [1.165, 1.54) is 30.5 Å². The summed E-state index contributed by atoms with van der Waals surface area (Å²) in [6.07, 6.45) is -4.26. The van der Waals surface area contributed by atoms with Crippen LogP contribution in [0.3, 0.4) is 0 Å². The number of carbonyl (C=O) groups is 17. The zero-order valence-corrected chi connectivity index (χ0v) is 62.8. The Morgan fingerprint density at radius 3 is 1.18 bits per heavy atom. The summed E-state index contributed by atoms with van der Waals surface area (Å²) in [7, 11) is 0. The number of phenolic OH excluding ortho intramolecular Hbond substituents is 1. The third kappa shape index (κ3) is 29.6. The largest absolute Gasteiger partial charge is 0.508 e. The minimum atomic E-state index is -1.93. The number of hydrogen-bond acceptors (Lipinski definition) is 21. The van der Waals surface area contributed by atoms with Gasteiger partial charge in [-0.1, -0.05) is 62.4 Å². The Hall–Kier alpha value is -11.8. The average Bonchev–Trinajstić information content (AvgIpc) is 1.71. The molecule has 0 fully saturated rings. The first-order valence-corrected chi connectivity index (χ1v) is 36.4. The molecule has 0 aliphatic rings. The molecule has 0 saturated carbocycles. The van der Waals surface area contributed by atoms with E-state index in [9.17, 15) is 92.3 Å². The van der Waals surface area contributed by atoms with Crippen molar-refractivity contribution in [3.8, 4) is 5.75 Å². The molecule has 602 valence electrons. The molecule has 24 N–H and O–H groups in total. The van der Waals surface area contributed by atoms with Gasteiger partial charge >= 0.3 is 11.9 Å². The molecule has 0 aliphatic heterocycles. The van der Waals surface area contributed by atoms with Gasteiger partial charge in [0.1, 0.15) is 72.2 Å². The van der Waals surface area contributed by atoms with Crippen molar-refractivity contribution in [3.05, 3.63) is 102 Å². The predicted molar refractivity (Wildman–Crippen MR) is 404 cm³/mol. The highest BCUT2D eigenvalue weighted by atomic mass is 32.1. The van der Waals surface area contributed by atoms with Crippen LogP contribution in [0.2, 0.25) is 0 Å². The van der Waals surface area contributed by atoms with E-state index in [-0.39, 0.29) is 36.7 Å². The van der Waals surface area contributed by atoms with Gasteiger partial charge in [-0.3, -0.25) is 81.5 Å². The van der Waals surface area contributed by atoms with Crippen LogP contribution >= 0.6 is 25.3 Å². The highest BCUT2D eigenvalue weighted by Crippen LogP contribution is 2.23. The number of nitrogens with two attached hydrogens (primary N) is 3. The lowest BCUT2D eigenvalue weighted by molar-refractivity contribution is -0.139. The van der Waals surface area contributed by atoms with Crippen molar-refractivity contribution in [2.24, 2.45) is 23.1 Å². The topological polar surface area (TPSA) is 625 Å². The summed E-state index contributed by atoms with van der Waals surface area (Å²) >= 11 is 8.41. The summed E-state index contributed by atoms with van der Waals surface area (Å²) in [6.45, 7) is 5.10. The van der Waals surface area contributed by atoms with Crippen molar-refractivity contribution in [1.82, 2.24) is 73.8 Å². The third-order valence-electron chi connectivity index (χ3n) is 17.2. The Bertz CT molecular complexity index is 4190. The van der Waals surface area contributed by atoms with E-state index in [2.05, 4.69) is 99.0 Å². The van der Waals surface area contributed by atoms with Crippen LogP contribution in [-0.2, 0) is 101 Å². The number of aromatic amines is 2. The Labute approximate surface area is 646 Å². The Morgan fingerprint density at radius 1 is 0.405 bits per heavy atom. The van der Waals surface area contributed by atoms with Gasteiger partial charge in [-0.2, -0.15) is 25.3 Å². The first-order chi connectivity index (χ1) is 52.5. The van der Waals surface area contributed by atoms with Gasteiger partial charge in [-0.25, -0.2) is 0 Å². The lowest BCUT2D eigenvalue weighted by Gasteiger charge is -2.29. The monoisotopic (exact) mass is 1590 g/mol. The lowest BCUT2D eigenvalue weighted by atomic mass is 9.99. The van der Waals surface area contributed by atoms with E-state index < -0.39 is 243 Å². The molecule has 5 aromatic rings. The molecular weight excluding hydrogens is 1490 g/mol. The summed E-state index contributed by atoms with van der Waals surface area (Å²) in [6, 6.07) is 0.349. The number of H-pyrrole nitrogens is 2. The number of carbonyl (C=O) groups excluding carboxylic acids is 15. The van der Waals surface area contributed by atoms with E-state index in [0.29, 0.717) is 38.5 Å². The lowest BCUT2D eigenvalue weighted by Crippen LogP contribution is -2.62. The van der Waals surface area contributed by atoms with Gasteiger partial charge in [0.15, 0.2) is 0 Å². The maximum absolute atomic E-state index is 15.1. The minimum absolute atomic E-state index is 0.137. The Balaban J connectivity index is 1.48. The highest BCUT2D eigenvalue weighted by Gasteiger charge is 2.39. The number of primary amides is 3. The van der Waals surface area contributed by atoms with E-state index >= 15 is 9.59 Å². The number of aromatic hydroxyl groups is 1. The molecule has 40 heteroatoms. The number of nitrogens with one attached hydrogen (secondary N) is 14. The van der Waals surface area contributed by atoms with Crippen LogP contribution in [0.5, 0.6) is 5.75 Å². The number of fused-ring (bicyclic) bond motifs is 2. The SMILES string of the molecule is CC(=O)N[C@@H](CS)C(=O)N[C@@H](CCC(N)=O)C(=O)N[C@H](C(=O)N[C@@H](Cc1c[nH]c2ccccc12)C(=O)N[C@@H](CCC(=O)O)C(=O)N[C@@H](CS)C(=O)N[C@@H](Cc1ccc(O)cc1)C(=O)N[C@@H](Cc1c[nH]c2ccccc12)C(=O)N[C@@H](CCC(C)C)C(=O)N[C@@H](CCC(=O)O)C(=O)N[C@@H](CC(N)=O)C(=O)NCC(N)=O)[C@@H](C)O. The van der Waals surface area contributed by atoms with Crippen molar-refractivity contribution in [2.45, 2.75) is 177 Å². The normalized spacial score (nSPS) is 14.4. The number of amides is 15. The smallest absolute Gasteiger partial charge is 0.303 e. The summed E-state index contributed by atoms with van der Waals surface area (Å²) in [4.78, 5) is 235. The maximum atomic E-state index is 15.1. The van der Waals surface area contributed by atoms with Gasteiger partial charge in [-0.15, -0.1) is 0 Å². The summed E-state index contributed by atoms with van der Waals surface area (Å²) in [5.41, 5.74) is 18.2. The molecule has 111 heavy (non-hydrogen) atoms. The number of carboxylic acid groups (broad SMARTS) is 2. The van der Waals surface area contributed by atoms with Crippen molar-refractivity contribution < 1.29 is 102 Å². The number of phenols is 1. The Morgan fingerprint density at radius 2 is 0.775 bits per heavy atom. The fourth-order valence-corrected chi connectivity index (χ4v) is 11.9. The van der Waals surface area contributed by atoms with Gasteiger partial charge in [-0.05, 0) is 85.9 Å². The summed E-state index contributed by atoms with van der Waals surface area (Å²) < 4.78 is 0. The average molecular weight is 1590 g/mol. The van der Waals surface area contributed by atoms with Crippen molar-refractivity contribution in [3.63, 3.8) is 0 Å². The fourth-order valence-electron chi connectivity index (χ4n) is 11.4. The number of aliphatic hydroxyl groups excluding tert-OH is 1. The van der Waals surface area contributed by atoms with E-state index in [0.717, 1.165) is 13.8 Å². The van der Waals surface area contributed by atoms with Crippen LogP contribution < -0.4 is 81.0 Å². The molecule has 0 radical (unpaired) electrons. The van der Waals surface area contributed by atoms with Crippen LogP contribution in [0.4, 0.5) is 0 Å². The van der Waals surface area contributed by atoms with Gasteiger partial charge in [0, 0.05) is 91.2 Å². The van der Waals surface area contributed by atoms with E-state index in [1.807, 2.05) is 0 Å². The fraction of sp³-hybridized carbons (Fsp3) is 0.451. The number of para-hydroxylation sites is 2. The summed E-state index contributed by atoms with van der Waals surface area (Å²) in [5.74, 6) is -19.8. The standard InChI is InChI=1S/C71H95N17O21S2/c1-34(2)13-18-45(62(100)79-47(20-23-58(95)96)63(101)85-52(28-56(73)93)61(99)77-31-57(74)94)80-67(105)50(26-38-29-75-43-11-7-5-9-41(38)43)84-66(104)49(25-37-14-16-40(91)17-15-37)83-70(108)54(33-111)87-64(102)48(21-24-59(97)98)81-68(106)51(27-39-30-76-44-12-8-6-10-42(39)44)86-71(109)60(35(3)89)88-65(103)46(19-22-55(72)92)82-69(107)53(32-110)78-36(4)90/h5-12,14-17,29-30,34-35,45-54,60,75-76,89,91,110-111H,13,18-28,31-33H2,1-4H3,(H2,72,92)(H2,73,93)(H2,74,94)(H,77,99)(H,78,90)(H,79,100)(H,80,105)(H,81,106)(H,82,107)(H,83,108)(H,84,104)(H,85,101)(H,86,109)(H,87,102)(H,88,103)(H,95,96)(H,97,98)/t35-,45+,46+,47+,48+,49+,50+,51+,52+,53+,54+,60+/m1/s1. The van der Waals surface area contributed by atoms with Crippen LogP contribution in [0.25, 0.3) is 21.8 Å². The molecule has 0 unspecified atom stereocenters. The number of rotatable bonds is 47. The maximum Gasteiger partial charge on any atom is 0.303 e. The molecule has 0 spiro atoms. The zero-order valence-electron chi connectivity index (χ0n) is 61.1. The van der Waals surface area contributed by atoms with E-state index in [1.54, 1.807) is 68.6 Å². The van der Waals surface area contributed by atoms with Crippen molar-refractivity contribution >= 4 is 148 Å². The van der Waals surface area contributed by atoms with Gasteiger partial charge < -0.3 is 111 Å². The van der Waals surface area contributed by atoms with Crippen LogP contribution in [0.15, 0.2) is 85.2 Å². The molecule has 2 heterocycles. The molecule has 38 nitrogen and oxygen atoms in total.